The van der Waals surface area contributed by atoms with Crippen molar-refractivity contribution in [2.75, 3.05) is 31.1 Å². The molecule has 0 atom stereocenters. The summed E-state index contributed by atoms with van der Waals surface area (Å²) in [5.41, 5.74) is 1.18. The summed E-state index contributed by atoms with van der Waals surface area (Å²) in [6.45, 7) is 16.5. The van der Waals surface area contributed by atoms with Crippen LogP contribution in [0.1, 0.15) is 46.5 Å². The molecule has 2 fully saturated rings. The molecule has 3 rings (SSSR count). The van der Waals surface area contributed by atoms with Gasteiger partial charge in [-0.1, -0.05) is 17.7 Å². The van der Waals surface area contributed by atoms with Gasteiger partial charge in [0.2, 0.25) is 5.69 Å². The molecule has 1 aromatic carbocycles. The Bertz CT molecular complexity index is 737. The molecule has 2 aliphatic heterocycles. The number of amides is 1. The molecular formula is C22H30ClN3O2. The van der Waals surface area contributed by atoms with E-state index in [9.17, 15) is 4.79 Å². The van der Waals surface area contributed by atoms with Gasteiger partial charge in [0.1, 0.15) is 5.60 Å². The number of halogens is 1. The Morgan fingerprint density at radius 1 is 1.11 bits per heavy atom. The molecule has 5 nitrogen and oxygen atoms in total. The molecule has 0 spiro atoms. The first-order valence-corrected chi connectivity index (χ1v) is 10.5. The fourth-order valence-electron chi connectivity index (χ4n) is 4.29. The minimum Gasteiger partial charge on any atom is -0.444 e. The Kier molecular flexibility index (Phi) is 6.40. The van der Waals surface area contributed by atoms with Gasteiger partial charge in [-0.05, 0) is 70.4 Å². The van der Waals surface area contributed by atoms with Gasteiger partial charge in [0, 0.05) is 36.9 Å². The lowest BCUT2D eigenvalue weighted by atomic mass is 9.79. The summed E-state index contributed by atoms with van der Waals surface area (Å²) in [6.07, 6.45) is 4.28. The second kappa shape index (κ2) is 8.61. The van der Waals surface area contributed by atoms with Gasteiger partial charge in [0.25, 0.3) is 0 Å². The van der Waals surface area contributed by atoms with E-state index in [4.69, 9.17) is 22.9 Å². The average molecular weight is 404 g/mol. The minimum absolute atomic E-state index is 0.180. The number of rotatable bonds is 2. The fourth-order valence-corrected chi connectivity index (χ4v) is 4.51. The largest absolute Gasteiger partial charge is 0.444 e. The summed E-state index contributed by atoms with van der Waals surface area (Å²) < 4.78 is 5.50. The predicted molar refractivity (Wildman–Crippen MR) is 113 cm³/mol. The second-order valence-electron chi connectivity index (χ2n) is 8.88. The van der Waals surface area contributed by atoms with Crippen LogP contribution in [-0.4, -0.2) is 42.8 Å². The van der Waals surface area contributed by atoms with Gasteiger partial charge in [-0.2, -0.15) is 0 Å². The van der Waals surface area contributed by atoms with Gasteiger partial charge in [-0.25, -0.2) is 9.64 Å². The van der Waals surface area contributed by atoms with E-state index in [0.717, 1.165) is 50.6 Å². The van der Waals surface area contributed by atoms with Crippen molar-refractivity contribution in [3.63, 3.8) is 0 Å². The first-order valence-electron chi connectivity index (χ1n) is 10.2. The molecule has 6 heteroatoms. The third-order valence-corrected chi connectivity index (χ3v) is 6.12. The van der Waals surface area contributed by atoms with Gasteiger partial charge in [0.05, 0.1) is 6.57 Å². The van der Waals surface area contributed by atoms with Crippen molar-refractivity contribution in [1.82, 2.24) is 4.90 Å². The van der Waals surface area contributed by atoms with E-state index in [0.29, 0.717) is 16.6 Å². The lowest BCUT2D eigenvalue weighted by Crippen LogP contribution is -2.44. The maximum absolute atomic E-state index is 12.2. The molecule has 28 heavy (non-hydrogen) atoms. The van der Waals surface area contributed by atoms with E-state index in [1.165, 1.54) is 12.8 Å². The zero-order valence-corrected chi connectivity index (χ0v) is 17.8. The topological polar surface area (TPSA) is 37.1 Å². The van der Waals surface area contributed by atoms with E-state index in [-0.39, 0.29) is 6.09 Å². The summed E-state index contributed by atoms with van der Waals surface area (Å²) in [6, 6.07) is 5.72. The number of carbonyl (C=O) groups is 1. The molecular weight excluding hydrogens is 374 g/mol. The van der Waals surface area contributed by atoms with Crippen LogP contribution in [0.5, 0.6) is 0 Å². The highest BCUT2D eigenvalue weighted by atomic mass is 35.5. The van der Waals surface area contributed by atoms with Crippen LogP contribution in [-0.2, 0) is 4.74 Å². The van der Waals surface area contributed by atoms with Gasteiger partial charge >= 0.3 is 6.09 Å². The Morgan fingerprint density at radius 2 is 1.68 bits per heavy atom. The highest BCUT2D eigenvalue weighted by Gasteiger charge is 2.32. The first kappa shape index (κ1) is 20.8. The highest BCUT2D eigenvalue weighted by molar-refractivity contribution is 6.33. The van der Waals surface area contributed by atoms with E-state index in [1.54, 1.807) is 0 Å². The summed E-state index contributed by atoms with van der Waals surface area (Å²) in [5, 5.41) is 0.532. The second-order valence-corrected chi connectivity index (χ2v) is 9.28. The third kappa shape index (κ3) is 5.11. The molecule has 0 bridgehead atoms. The Hall–Kier alpha value is -1.93. The van der Waals surface area contributed by atoms with E-state index in [2.05, 4.69) is 9.74 Å². The Morgan fingerprint density at radius 3 is 2.18 bits per heavy atom. The summed E-state index contributed by atoms with van der Waals surface area (Å²) in [4.78, 5) is 19.9. The minimum atomic E-state index is -0.434. The highest BCUT2D eigenvalue weighted by Crippen LogP contribution is 2.36. The number of hydrogen-bond donors (Lipinski definition) is 0. The predicted octanol–water partition coefficient (Wildman–Crippen LogP) is 5.75. The molecule has 0 radical (unpaired) electrons. The van der Waals surface area contributed by atoms with E-state index >= 15 is 0 Å². The summed E-state index contributed by atoms with van der Waals surface area (Å²) in [5.74, 6) is 1.41. The van der Waals surface area contributed by atoms with Crippen LogP contribution in [0.4, 0.5) is 16.2 Å². The van der Waals surface area contributed by atoms with Gasteiger partial charge < -0.3 is 14.5 Å². The molecule has 2 heterocycles. The van der Waals surface area contributed by atoms with Crippen LogP contribution in [0.2, 0.25) is 5.02 Å². The standard InChI is InChI=1S/C22H30ClN3O2/c1-22(2,3)28-21(27)26-13-9-17(10-14-26)16-7-11-25(12-8-16)18-5-6-20(24-4)19(23)15-18/h5-6,15-17H,7-14H2,1-3H3. The number of benzene rings is 1. The average Bonchev–Trinajstić information content (AvgIpc) is 2.67. The van der Waals surface area contributed by atoms with Crippen LogP contribution in [0.25, 0.3) is 4.85 Å². The van der Waals surface area contributed by atoms with Crippen molar-refractivity contribution in [2.45, 2.75) is 52.1 Å². The van der Waals surface area contributed by atoms with E-state index in [1.807, 2.05) is 43.9 Å². The normalized spacial score (nSPS) is 19.4. The fraction of sp³-hybridized carbons (Fsp3) is 0.636. The van der Waals surface area contributed by atoms with Crippen LogP contribution in [0.3, 0.4) is 0 Å². The van der Waals surface area contributed by atoms with Crippen molar-refractivity contribution in [1.29, 1.82) is 0 Å². The number of likely N-dealkylation sites (tertiary alicyclic amines) is 1. The van der Waals surface area contributed by atoms with Crippen LogP contribution in [0.15, 0.2) is 18.2 Å². The molecule has 0 aliphatic carbocycles. The Labute approximate surface area is 173 Å². The molecule has 0 unspecified atom stereocenters. The van der Waals surface area contributed by atoms with Crippen LogP contribution >= 0.6 is 11.6 Å². The zero-order valence-electron chi connectivity index (χ0n) is 17.1. The molecule has 0 saturated carbocycles. The number of piperidine rings is 2. The summed E-state index contributed by atoms with van der Waals surface area (Å²) >= 11 is 6.20. The van der Waals surface area contributed by atoms with Crippen molar-refractivity contribution >= 4 is 29.1 Å². The SMILES string of the molecule is [C-]#[N+]c1ccc(N2CCC(C3CCN(C(=O)OC(C)(C)C)CC3)CC2)cc1Cl. The van der Waals surface area contributed by atoms with Crippen molar-refractivity contribution in [3.05, 3.63) is 34.6 Å². The van der Waals surface area contributed by atoms with Gasteiger partial charge in [0.15, 0.2) is 0 Å². The molecule has 2 aliphatic rings. The van der Waals surface area contributed by atoms with Crippen LogP contribution in [0, 0.1) is 18.4 Å². The molecule has 152 valence electrons. The lowest BCUT2D eigenvalue weighted by Gasteiger charge is -2.41. The number of ether oxygens (including phenoxy) is 1. The van der Waals surface area contributed by atoms with Crippen molar-refractivity contribution in [3.8, 4) is 0 Å². The van der Waals surface area contributed by atoms with Gasteiger partial charge in [-0.3, -0.25) is 0 Å². The number of nitrogens with zero attached hydrogens (tertiary/aromatic N) is 3. The number of anilines is 1. The third-order valence-electron chi connectivity index (χ3n) is 5.81. The lowest BCUT2D eigenvalue weighted by molar-refractivity contribution is 0.0152. The number of hydrogen-bond acceptors (Lipinski definition) is 3. The monoisotopic (exact) mass is 403 g/mol. The Balaban J connectivity index is 1.48. The molecule has 1 aromatic rings. The van der Waals surface area contributed by atoms with Crippen molar-refractivity contribution < 1.29 is 9.53 Å². The van der Waals surface area contributed by atoms with Crippen LogP contribution < -0.4 is 4.90 Å². The maximum atomic E-state index is 12.2. The van der Waals surface area contributed by atoms with Gasteiger partial charge in [-0.15, -0.1) is 0 Å². The quantitative estimate of drug-likeness (QED) is 0.589. The molecule has 0 aromatic heterocycles. The molecule has 1 amide bonds. The zero-order chi connectivity index (χ0) is 20.3. The molecule has 0 N–H and O–H groups in total. The first-order chi connectivity index (χ1) is 13.3. The summed E-state index contributed by atoms with van der Waals surface area (Å²) in [7, 11) is 0. The molecule has 2 saturated heterocycles. The maximum Gasteiger partial charge on any atom is 0.410 e. The van der Waals surface area contributed by atoms with Crippen molar-refractivity contribution in [2.24, 2.45) is 11.8 Å². The number of carbonyl (C=O) groups excluding carboxylic acids is 1. The smallest absolute Gasteiger partial charge is 0.410 e. The van der Waals surface area contributed by atoms with E-state index < -0.39 is 5.60 Å².